The predicted octanol–water partition coefficient (Wildman–Crippen LogP) is 3.13. The van der Waals surface area contributed by atoms with Crippen LogP contribution in [-0.2, 0) is 4.79 Å². The molecule has 2 atom stereocenters. The molecule has 0 aliphatic heterocycles. The minimum absolute atomic E-state index is 0.00814. The summed E-state index contributed by atoms with van der Waals surface area (Å²) in [5.74, 6) is 3.17. The molecule has 0 bridgehead atoms. The first-order valence-electron chi connectivity index (χ1n) is 10.3. The summed E-state index contributed by atoms with van der Waals surface area (Å²) in [6.45, 7) is 2.50. The smallest absolute Gasteiger partial charge is 0.220 e. The molecule has 1 amide bonds. The van der Waals surface area contributed by atoms with Crippen molar-refractivity contribution in [3.8, 4) is 11.6 Å². The predicted molar refractivity (Wildman–Crippen MR) is 108 cm³/mol. The molecule has 2 aromatic heterocycles. The number of aryl methyl sites for hydroxylation is 1. The highest BCUT2D eigenvalue weighted by Gasteiger charge is 2.40. The van der Waals surface area contributed by atoms with E-state index in [-0.39, 0.29) is 11.8 Å². The molecule has 2 heterocycles. The van der Waals surface area contributed by atoms with Crippen molar-refractivity contribution >= 4 is 5.91 Å². The number of primary amides is 1. The number of carbonyl (C=O) groups is 1. The molecule has 2 aliphatic carbocycles. The van der Waals surface area contributed by atoms with Crippen LogP contribution in [0.2, 0.25) is 0 Å². The Morgan fingerprint density at radius 3 is 2.62 bits per heavy atom. The monoisotopic (exact) mass is 396 g/mol. The Kier molecular flexibility index (Phi) is 5.65. The molecule has 0 aromatic carbocycles. The molecule has 2 aromatic rings. The molecule has 0 spiro atoms. The maximum atomic E-state index is 11.4. The lowest BCUT2D eigenvalue weighted by molar-refractivity contribution is -0.122. The largest absolute Gasteiger partial charge is 0.495 e. The van der Waals surface area contributed by atoms with Crippen molar-refractivity contribution in [3.05, 3.63) is 41.6 Å². The van der Waals surface area contributed by atoms with Gasteiger partial charge in [-0.3, -0.25) is 9.78 Å². The molecule has 154 valence electrons. The summed E-state index contributed by atoms with van der Waals surface area (Å²) in [4.78, 5) is 24.9. The molecular weight excluding hydrogens is 368 g/mol. The zero-order chi connectivity index (χ0) is 20.4. The summed E-state index contributed by atoms with van der Waals surface area (Å²) in [6, 6.07) is 3.98. The first-order valence-corrected chi connectivity index (χ1v) is 10.3. The van der Waals surface area contributed by atoms with Crippen molar-refractivity contribution in [2.24, 2.45) is 17.6 Å². The maximum Gasteiger partial charge on any atom is 0.220 e. The van der Waals surface area contributed by atoms with Gasteiger partial charge in [0.15, 0.2) is 0 Å². The number of hydrogen-bond acceptors (Lipinski definition) is 6. The number of amides is 1. The molecular formula is C22H28N4O3. The van der Waals surface area contributed by atoms with Crippen LogP contribution in [0.25, 0.3) is 0 Å². The van der Waals surface area contributed by atoms with E-state index in [1.165, 1.54) is 0 Å². The van der Waals surface area contributed by atoms with Gasteiger partial charge in [-0.15, -0.1) is 0 Å². The molecule has 2 fully saturated rings. The van der Waals surface area contributed by atoms with Crippen LogP contribution in [0.1, 0.15) is 61.0 Å². The van der Waals surface area contributed by atoms with Gasteiger partial charge < -0.3 is 15.2 Å². The fraction of sp³-hybridized carbons (Fsp3) is 0.545. The SMILES string of the molecule is COc1ccc([C@H]2C[C@@H]2COc2nc(C)ncc2[C@H]2CC[C@@H](C(N)=O)CC2)nc1. The Hall–Kier alpha value is -2.70. The summed E-state index contributed by atoms with van der Waals surface area (Å²) in [6.07, 6.45) is 8.20. The lowest BCUT2D eigenvalue weighted by atomic mass is 9.79. The summed E-state index contributed by atoms with van der Waals surface area (Å²) in [7, 11) is 1.64. The quantitative estimate of drug-likeness (QED) is 0.772. The van der Waals surface area contributed by atoms with Gasteiger partial charge in [0.25, 0.3) is 0 Å². The summed E-state index contributed by atoms with van der Waals surface area (Å²) < 4.78 is 11.3. The molecule has 4 rings (SSSR count). The van der Waals surface area contributed by atoms with Gasteiger partial charge in [0.2, 0.25) is 11.8 Å². The number of nitrogens with two attached hydrogens (primary N) is 1. The van der Waals surface area contributed by atoms with E-state index in [2.05, 4.69) is 15.0 Å². The Bertz CT molecular complexity index is 863. The van der Waals surface area contributed by atoms with Crippen molar-refractivity contribution in [2.75, 3.05) is 13.7 Å². The number of ether oxygens (including phenoxy) is 2. The van der Waals surface area contributed by atoms with Crippen molar-refractivity contribution in [1.29, 1.82) is 0 Å². The number of aromatic nitrogens is 3. The highest BCUT2D eigenvalue weighted by Crippen LogP contribution is 2.47. The first kappa shape index (κ1) is 19.6. The van der Waals surface area contributed by atoms with Crippen LogP contribution < -0.4 is 15.2 Å². The van der Waals surface area contributed by atoms with E-state index in [1.54, 1.807) is 13.3 Å². The second-order valence-corrected chi connectivity index (χ2v) is 8.16. The molecule has 7 heteroatoms. The van der Waals surface area contributed by atoms with Gasteiger partial charge in [0.1, 0.15) is 11.6 Å². The van der Waals surface area contributed by atoms with E-state index < -0.39 is 0 Å². The fourth-order valence-electron chi connectivity index (χ4n) is 4.25. The van der Waals surface area contributed by atoms with Crippen LogP contribution in [0.3, 0.4) is 0 Å². The number of hydrogen-bond donors (Lipinski definition) is 1. The first-order chi connectivity index (χ1) is 14.0. The number of nitrogens with zero attached hydrogens (tertiary/aromatic N) is 3. The minimum atomic E-state index is -0.188. The van der Waals surface area contributed by atoms with Gasteiger partial charge in [0, 0.05) is 35.2 Å². The summed E-state index contributed by atoms with van der Waals surface area (Å²) >= 11 is 0. The molecule has 2 aliphatic rings. The Labute approximate surface area is 171 Å². The van der Waals surface area contributed by atoms with E-state index in [0.717, 1.165) is 49.1 Å². The second-order valence-electron chi connectivity index (χ2n) is 8.16. The summed E-state index contributed by atoms with van der Waals surface area (Å²) in [5, 5.41) is 0. The Morgan fingerprint density at radius 2 is 1.97 bits per heavy atom. The van der Waals surface area contributed by atoms with Crippen LogP contribution in [0.5, 0.6) is 11.6 Å². The van der Waals surface area contributed by atoms with Gasteiger partial charge >= 0.3 is 0 Å². The lowest BCUT2D eigenvalue weighted by Gasteiger charge is -2.27. The van der Waals surface area contributed by atoms with Crippen LogP contribution in [0.15, 0.2) is 24.5 Å². The topological polar surface area (TPSA) is 100 Å². The van der Waals surface area contributed by atoms with Gasteiger partial charge in [-0.25, -0.2) is 4.98 Å². The highest BCUT2D eigenvalue weighted by molar-refractivity contribution is 5.76. The van der Waals surface area contributed by atoms with Crippen molar-refractivity contribution in [1.82, 2.24) is 15.0 Å². The van der Waals surface area contributed by atoms with Gasteiger partial charge in [-0.05, 0) is 57.1 Å². The summed E-state index contributed by atoms with van der Waals surface area (Å²) in [5.41, 5.74) is 7.61. The zero-order valence-electron chi connectivity index (χ0n) is 17.0. The van der Waals surface area contributed by atoms with Crippen molar-refractivity contribution < 1.29 is 14.3 Å². The second kappa shape index (κ2) is 8.35. The number of rotatable bonds is 7. The van der Waals surface area contributed by atoms with Crippen molar-refractivity contribution in [3.63, 3.8) is 0 Å². The fourth-order valence-corrected chi connectivity index (χ4v) is 4.25. The normalized spacial score (nSPS) is 26.0. The average Bonchev–Trinajstić information content (AvgIpc) is 3.52. The average molecular weight is 396 g/mol. The molecule has 0 saturated heterocycles. The number of methoxy groups -OCH3 is 1. The maximum absolute atomic E-state index is 11.4. The molecule has 0 unspecified atom stereocenters. The minimum Gasteiger partial charge on any atom is -0.495 e. The van der Waals surface area contributed by atoms with Gasteiger partial charge in [-0.1, -0.05) is 0 Å². The Balaban J connectivity index is 1.38. The van der Waals surface area contributed by atoms with E-state index in [1.807, 2.05) is 25.3 Å². The van der Waals surface area contributed by atoms with E-state index in [9.17, 15) is 4.79 Å². The van der Waals surface area contributed by atoms with Crippen LogP contribution in [0, 0.1) is 18.8 Å². The van der Waals surface area contributed by atoms with Crippen LogP contribution in [-0.4, -0.2) is 34.6 Å². The molecule has 0 radical (unpaired) electrons. The molecule has 2 N–H and O–H groups in total. The number of pyridine rings is 1. The standard InChI is InChI=1S/C22H28N4O3/c1-13-24-11-19(14-3-5-15(6-4-14)21(23)27)22(26-13)29-12-16-9-18(16)20-8-7-17(28-2)10-25-20/h7-8,10-11,14-16,18H,3-6,9,12H2,1-2H3,(H2,23,27)/t14-,15+,16-,18+/m1/s1. The number of carbonyl (C=O) groups excluding carboxylic acids is 1. The van der Waals surface area contributed by atoms with Gasteiger partial charge in [0.05, 0.1) is 19.9 Å². The van der Waals surface area contributed by atoms with Crippen LogP contribution >= 0.6 is 0 Å². The van der Waals surface area contributed by atoms with E-state index in [0.29, 0.717) is 36.1 Å². The third kappa shape index (κ3) is 4.49. The van der Waals surface area contributed by atoms with Crippen molar-refractivity contribution in [2.45, 2.75) is 50.9 Å². The molecule has 2 saturated carbocycles. The third-order valence-corrected chi connectivity index (χ3v) is 6.20. The zero-order valence-corrected chi connectivity index (χ0v) is 17.0. The Morgan fingerprint density at radius 1 is 1.17 bits per heavy atom. The third-order valence-electron chi connectivity index (χ3n) is 6.20. The lowest BCUT2D eigenvalue weighted by Crippen LogP contribution is -2.27. The molecule has 29 heavy (non-hydrogen) atoms. The van der Waals surface area contributed by atoms with E-state index in [4.69, 9.17) is 15.2 Å². The molecule has 7 nitrogen and oxygen atoms in total. The van der Waals surface area contributed by atoms with Gasteiger partial charge in [-0.2, -0.15) is 4.98 Å². The van der Waals surface area contributed by atoms with Crippen LogP contribution in [0.4, 0.5) is 0 Å². The van der Waals surface area contributed by atoms with E-state index >= 15 is 0 Å². The highest BCUT2D eigenvalue weighted by atomic mass is 16.5.